The van der Waals surface area contributed by atoms with Gasteiger partial charge in [-0.2, -0.15) is 5.10 Å². The lowest BCUT2D eigenvalue weighted by molar-refractivity contribution is -0.274. The number of rotatable bonds is 5. The van der Waals surface area contributed by atoms with Crippen LogP contribution in [0.3, 0.4) is 0 Å². The summed E-state index contributed by atoms with van der Waals surface area (Å²) in [6.45, 7) is 2.88. The first kappa shape index (κ1) is 23.1. The van der Waals surface area contributed by atoms with E-state index in [4.69, 9.17) is 4.74 Å². The summed E-state index contributed by atoms with van der Waals surface area (Å²) in [5.41, 5.74) is 0.210. The normalized spacial score (nSPS) is 24.3. The molecule has 2 aromatic rings. The smallest absolute Gasteiger partial charge is 0.487 e. The van der Waals surface area contributed by atoms with Crippen LogP contribution >= 0.6 is 0 Å². The lowest BCUT2D eigenvalue weighted by Crippen LogP contribution is -2.71. The Morgan fingerprint density at radius 1 is 1.00 bits per heavy atom. The highest BCUT2D eigenvalue weighted by atomic mass is 19.4. The number of halogens is 4. The van der Waals surface area contributed by atoms with Crippen LogP contribution in [-0.4, -0.2) is 69.2 Å². The molecule has 0 N–H and O–H groups in total. The predicted octanol–water partition coefficient (Wildman–Crippen LogP) is 4.49. The largest absolute Gasteiger partial charge is 0.573 e. The average Bonchev–Trinajstić information content (AvgIpc) is 3.45. The molecule has 1 aromatic heterocycles. The van der Waals surface area contributed by atoms with Crippen molar-refractivity contribution >= 4 is 6.03 Å². The van der Waals surface area contributed by atoms with E-state index in [2.05, 4.69) is 14.8 Å². The molecule has 3 heterocycles. The van der Waals surface area contributed by atoms with Gasteiger partial charge >= 0.3 is 12.4 Å². The van der Waals surface area contributed by atoms with E-state index in [1.807, 2.05) is 20.8 Å². The molecule has 1 aromatic carbocycles. The van der Waals surface area contributed by atoms with Crippen molar-refractivity contribution in [2.75, 3.05) is 26.2 Å². The van der Waals surface area contributed by atoms with E-state index in [-0.39, 0.29) is 28.7 Å². The van der Waals surface area contributed by atoms with Crippen molar-refractivity contribution in [3.05, 3.63) is 36.2 Å². The Balaban J connectivity index is 0.840. The molecule has 2 amide bonds. The standard InChI is InChI=1S/C25H27F4N5O3/c26-19-5-17(37-25(27,28)29)3-4-20(19)36-18-8-24(9-18)12-33(13-24)22(35)32-10-23(11-32)6-16(7-23)34-14-30-21(31-34)15-1-2-15/h3-5,14-16,18H,1-2,6-13H2. The molecule has 0 radical (unpaired) electrons. The van der Waals surface area contributed by atoms with E-state index in [0.29, 0.717) is 44.0 Å². The quantitative estimate of drug-likeness (QED) is 0.542. The number of alkyl halides is 3. The Kier molecular flexibility index (Phi) is 4.83. The molecule has 0 unspecified atom stereocenters. The third-order valence-corrected chi connectivity index (χ3v) is 8.58. The Hall–Kier alpha value is -3.05. The summed E-state index contributed by atoms with van der Waals surface area (Å²) in [5.74, 6) is -0.0905. The Morgan fingerprint density at radius 2 is 1.65 bits per heavy atom. The number of carbonyl (C=O) groups excluding carboxylic acids is 1. The van der Waals surface area contributed by atoms with Gasteiger partial charge in [0.15, 0.2) is 17.4 Å². The first-order valence-electron chi connectivity index (χ1n) is 12.7. The number of carbonyl (C=O) groups is 1. The van der Waals surface area contributed by atoms with Crippen molar-refractivity contribution in [1.82, 2.24) is 24.6 Å². The number of hydrogen-bond donors (Lipinski definition) is 0. The van der Waals surface area contributed by atoms with Gasteiger partial charge in [0, 0.05) is 49.0 Å². The number of hydrogen-bond acceptors (Lipinski definition) is 5. The Labute approximate surface area is 210 Å². The molecule has 5 fully saturated rings. The van der Waals surface area contributed by atoms with Gasteiger partial charge in [-0.05, 0) is 50.7 Å². The number of nitrogens with zero attached hydrogens (tertiary/aromatic N) is 5. The highest BCUT2D eigenvalue weighted by Crippen LogP contribution is 2.55. The number of aromatic nitrogens is 3. The molecule has 3 saturated carbocycles. The van der Waals surface area contributed by atoms with Gasteiger partial charge in [-0.15, -0.1) is 13.2 Å². The number of ether oxygens (including phenoxy) is 2. The van der Waals surface area contributed by atoms with Crippen molar-refractivity contribution in [3.63, 3.8) is 0 Å². The number of benzene rings is 1. The SMILES string of the molecule is O=C(N1CC2(CC(Oc3ccc(OC(F)(F)F)cc3F)C2)C1)N1CC2(CC(n3cnc(C4CC4)n3)C2)C1. The minimum atomic E-state index is -4.88. The van der Waals surface area contributed by atoms with Crippen molar-refractivity contribution in [2.24, 2.45) is 10.8 Å². The van der Waals surface area contributed by atoms with Crippen LogP contribution < -0.4 is 9.47 Å². The summed E-state index contributed by atoms with van der Waals surface area (Å²) in [5, 5.41) is 4.65. The molecule has 8 nitrogen and oxygen atoms in total. The zero-order valence-corrected chi connectivity index (χ0v) is 20.1. The van der Waals surface area contributed by atoms with E-state index in [1.54, 1.807) is 0 Å². The molecule has 2 aliphatic heterocycles. The Morgan fingerprint density at radius 3 is 2.24 bits per heavy atom. The van der Waals surface area contributed by atoms with Gasteiger partial charge in [-0.1, -0.05) is 0 Å². The fraction of sp³-hybridized carbons (Fsp3) is 0.640. The van der Waals surface area contributed by atoms with E-state index in [0.717, 1.165) is 43.9 Å². The maximum absolute atomic E-state index is 14.2. The zero-order valence-electron chi connectivity index (χ0n) is 20.1. The molecule has 3 aliphatic carbocycles. The lowest BCUT2D eigenvalue weighted by atomic mass is 9.60. The van der Waals surface area contributed by atoms with Crippen molar-refractivity contribution in [2.45, 2.75) is 63.0 Å². The number of urea groups is 1. The summed E-state index contributed by atoms with van der Waals surface area (Å²) >= 11 is 0. The summed E-state index contributed by atoms with van der Waals surface area (Å²) in [7, 11) is 0. The highest BCUT2D eigenvalue weighted by Gasteiger charge is 2.59. The van der Waals surface area contributed by atoms with Gasteiger partial charge < -0.3 is 19.3 Å². The minimum absolute atomic E-state index is 0.00733. The molecule has 2 spiro atoms. The van der Waals surface area contributed by atoms with Crippen LogP contribution in [0.1, 0.15) is 56.3 Å². The van der Waals surface area contributed by atoms with Gasteiger partial charge in [-0.3, -0.25) is 0 Å². The number of likely N-dealkylation sites (tertiary alicyclic amines) is 2. The van der Waals surface area contributed by atoms with Gasteiger partial charge in [0.2, 0.25) is 0 Å². The second kappa shape index (κ2) is 7.73. The lowest BCUT2D eigenvalue weighted by Gasteiger charge is -2.63. The van der Waals surface area contributed by atoms with E-state index in [1.165, 1.54) is 12.8 Å². The van der Waals surface area contributed by atoms with Crippen molar-refractivity contribution < 1.29 is 31.8 Å². The molecule has 0 atom stereocenters. The molecule has 5 aliphatic rings. The van der Waals surface area contributed by atoms with Crippen LogP contribution in [0.4, 0.5) is 22.4 Å². The van der Waals surface area contributed by atoms with Gasteiger partial charge in [-0.25, -0.2) is 18.9 Å². The molecule has 12 heteroatoms. The van der Waals surface area contributed by atoms with Crippen LogP contribution in [0.25, 0.3) is 0 Å². The fourth-order valence-electron chi connectivity index (χ4n) is 6.58. The van der Waals surface area contributed by atoms with Crippen LogP contribution in [0.5, 0.6) is 11.5 Å². The summed E-state index contributed by atoms with van der Waals surface area (Å²) in [6.07, 6.45) is 2.57. The summed E-state index contributed by atoms with van der Waals surface area (Å²) in [6, 6.07) is 3.31. The molecule has 0 bridgehead atoms. The third kappa shape index (κ3) is 4.17. The van der Waals surface area contributed by atoms with Gasteiger partial charge in [0.25, 0.3) is 0 Å². The van der Waals surface area contributed by atoms with Crippen LogP contribution in [0, 0.1) is 16.6 Å². The van der Waals surface area contributed by atoms with E-state index in [9.17, 15) is 22.4 Å². The topological polar surface area (TPSA) is 72.7 Å². The molecule has 2 saturated heterocycles. The molecule has 37 heavy (non-hydrogen) atoms. The third-order valence-electron chi connectivity index (χ3n) is 8.58. The molecular weight excluding hydrogens is 494 g/mol. The van der Waals surface area contributed by atoms with Crippen LogP contribution in [0.15, 0.2) is 24.5 Å². The first-order valence-corrected chi connectivity index (χ1v) is 12.7. The summed E-state index contributed by atoms with van der Waals surface area (Å²) in [4.78, 5) is 21.1. The second-order valence-corrected chi connectivity index (χ2v) is 11.7. The molecular formula is C25H27F4N5O3. The monoisotopic (exact) mass is 521 g/mol. The number of amides is 2. The summed E-state index contributed by atoms with van der Waals surface area (Å²) < 4.78 is 62.4. The van der Waals surface area contributed by atoms with Crippen molar-refractivity contribution in [1.29, 1.82) is 0 Å². The van der Waals surface area contributed by atoms with Crippen LogP contribution in [-0.2, 0) is 0 Å². The maximum atomic E-state index is 14.2. The highest BCUT2D eigenvalue weighted by molar-refractivity contribution is 5.77. The van der Waals surface area contributed by atoms with Gasteiger partial charge in [0.05, 0.1) is 6.04 Å². The van der Waals surface area contributed by atoms with E-state index < -0.39 is 17.9 Å². The predicted molar refractivity (Wildman–Crippen MR) is 120 cm³/mol. The molecule has 198 valence electrons. The van der Waals surface area contributed by atoms with E-state index >= 15 is 0 Å². The minimum Gasteiger partial charge on any atom is -0.487 e. The van der Waals surface area contributed by atoms with Crippen LogP contribution in [0.2, 0.25) is 0 Å². The zero-order chi connectivity index (χ0) is 25.6. The fourth-order valence-corrected chi connectivity index (χ4v) is 6.58. The van der Waals surface area contributed by atoms with Gasteiger partial charge in [0.1, 0.15) is 18.2 Å². The Bertz CT molecular complexity index is 1220. The first-order chi connectivity index (χ1) is 17.6. The molecule has 7 rings (SSSR count). The second-order valence-electron chi connectivity index (χ2n) is 11.7. The average molecular weight is 522 g/mol. The van der Waals surface area contributed by atoms with Crippen molar-refractivity contribution in [3.8, 4) is 11.5 Å². The maximum Gasteiger partial charge on any atom is 0.573 e.